The third kappa shape index (κ3) is 5.02. The number of esters is 1. The number of nitrogens with zero attached hydrogens (tertiary/aromatic N) is 5. The highest BCUT2D eigenvalue weighted by molar-refractivity contribution is 5.90. The first-order valence-electron chi connectivity index (χ1n) is 15.9. The largest absolute Gasteiger partial charge is 0.458 e. The van der Waals surface area contributed by atoms with E-state index < -0.39 is 17.7 Å². The van der Waals surface area contributed by atoms with Crippen LogP contribution >= 0.6 is 0 Å². The van der Waals surface area contributed by atoms with Crippen LogP contribution in [0.3, 0.4) is 0 Å². The van der Waals surface area contributed by atoms with E-state index in [-0.39, 0.29) is 35.6 Å². The van der Waals surface area contributed by atoms with E-state index in [1.807, 2.05) is 17.9 Å². The van der Waals surface area contributed by atoms with E-state index in [0.29, 0.717) is 94.6 Å². The Kier molecular flexibility index (Phi) is 7.78. The first kappa shape index (κ1) is 30.3. The number of aliphatic hydroxyl groups is 1. The van der Waals surface area contributed by atoms with Crippen molar-refractivity contribution < 1.29 is 33.7 Å². The lowest BCUT2D eigenvalue weighted by molar-refractivity contribution is -0.172. The number of rotatable bonds is 5. The smallest absolute Gasteiger partial charge is 0.415 e. The summed E-state index contributed by atoms with van der Waals surface area (Å²) in [6.45, 7) is 8.58. The molecule has 1 aromatic carbocycles. The normalized spacial score (nSPS) is 21.1. The van der Waals surface area contributed by atoms with Gasteiger partial charge in [0.05, 0.1) is 48.8 Å². The quantitative estimate of drug-likeness (QED) is 0.323. The highest BCUT2D eigenvalue weighted by Crippen LogP contribution is 2.40. The number of amides is 2. The molecule has 2 amide bonds. The van der Waals surface area contributed by atoms with Gasteiger partial charge in [-0.2, -0.15) is 0 Å². The van der Waals surface area contributed by atoms with Gasteiger partial charge in [0.25, 0.3) is 5.56 Å². The van der Waals surface area contributed by atoms with Crippen LogP contribution in [0.25, 0.3) is 22.3 Å². The Labute approximate surface area is 265 Å². The fourth-order valence-corrected chi connectivity index (χ4v) is 6.97. The number of aryl methyl sites for hydroxylation is 1. The fourth-order valence-electron chi connectivity index (χ4n) is 6.97. The second-order valence-corrected chi connectivity index (χ2v) is 12.2. The molecule has 0 radical (unpaired) electrons. The van der Waals surface area contributed by atoms with Crippen LogP contribution in [0.1, 0.15) is 42.5 Å². The minimum Gasteiger partial charge on any atom is -0.458 e. The number of morpholine rings is 1. The predicted molar refractivity (Wildman–Crippen MR) is 165 cm³/mol. The van der Waals surface area contributed by atoms with Crippen LogP contribution in [0.5, 0.6) is 5.75 Å². The molecule has 13 heteroatoms. The van der Waals surface area contributed by atoms with E-state index >= 15 is 0 Å². The van der Waals surface area contributed by atoms with Crippen molar-refractivity contribution in [3.63, 3.8) is 0 Å². The van der Waals surface area contributed by atoms with Crippen molar-refractivity contribution in [2.45, 2.75) is 45.4 Å². The van der Waals surface area contributed by atoms with Gasteiger partial charge < -0.3 is 33.7 Å². The maximum Gasteiger partial charge on any atom is 0.415 e. The molecule has 3 aromatic rings. The minimum atomic E-state index is -1.89. The van der Waals surface area contributed by atoms with Gasteiger partial charge in [-0.05, 0) is 42.7 Å². The molecule has 0 bridgehead atoms. The Bertz CT molecular complexity index is 1810. The van der Waals surface area contributed by atoms with Crippen LogP contribution in [0.2, 0.25) is 0 Å². The molecule has 4 aliphatic heterocycles. The number of benzene rings is 1. The SMILES string of the molecule is CCc1c2c(nc3ccc(OC(=O)N4CCN(CC(=O)N5CCOCC5)CC4)cc13)-c1cc3c(c(=O)n1C2)COC(=O)[C@]3(O)CC. The van der Waals surface area contributed by atoms with Gasteiger partial charge in [0.2, 0.25) is 5.91 Å². The molecule has 0 aliphatic carbocycles. The molecule has 46 heavy (non-hydrogen) atoms. The second-order valence-electron chi connectivity index (χ2n) is 12.2. The number of carbonyl (C=O) groups excluding carboxylic acids is 3. The summed E-state index contributed by atoms with van der Waals surface area (Å²) in [4.78, 5) is 62.3. The summed E-state index contributed by atoms with van der Waals surface area (Å²) in [6.07, 6.45) is 0.272. The van der Waals surface area contributed by atoms with Crippen LogP contribution in [-0.4, -0.2) is 106 Å². The number of carbonyl (C=O) groups is 3. The van der Waals surface area contributed by atoms with Gasteiger partial charge in [-0.1, -0.05) is 13.8 Å². The summed E-state index contributed by atoms with van der Waals surface area (Å²) >= 11 is 0. The Hall–Kier alpha value is -4.33. The molecule has 0 saturated carbocycles. The number of piperazine rings is 1. The summed E-state index contributed by atoms with van der Waals surface area (Å²) in [5.74, 6) is -0.277. The van der Waals surface area contributed by atoms with E-state index in [1.165, 1.54) is 0 Å². The average Bonchev–Trinajstić information content (AvgIpc) is 3.44. The zero-order valence-corrected chi connectivity index (χ0v) is 26.0. The van der Waals surface area contributed by atoms with Crippen molar-refractivity contribution in [3.05, 3.63) is 56.9 Å². The molecule has 2 fully saturated rings. The lowest BCUT2D eigenvalue weighted by atomic mass is 9.86. The Balaban J connectivity index is 1.10. The molecular weight excluding hydrogens is 594 g/mol. The number of pyridine rings is 2. The number of aromatic nitrogens is 2. The predicted octanol–water partition coefficient (Wildman–Crippen LogP) is 1.62. The summed E-state index contributed by atoms with van der Waals surface area (Å²) in [6, 6.07) is 7.03. The molecule has 13 nitrogen and oxygen atoms in total. The molecule has 6 heterocycles. The van der Waals surface area contributed by atoms with Crippen molar-refractivity contribution >= 4 is 28.9 Å². The van der Waals surface area contributed by atoms with Gasteiger partial charge in [0.15, 0.2) is 5.60 Å². The molecule has 2 saturated heterocycles. The lowest BCUT2D eigenvalue weighted by Gasteiger charge is -2.35. The van der Waals surface area contributed by atoms with E-state index in [9.17, 15) is 24.3 Å². The van der Waals surface area contributed by atoms with Gasteiger partial charge in [-0.15, -0.1) is 0 Å². The number of fused-ring (bicyclic) bond motifs is 5. The molecule has 242 valence electrons. The topological polar surface area (TPSA) is 144 Å². The third-order valence-corrected chi connectivity index (χ3v) is 9.69. The van der Waals surface area contributed by atoms with Crippen LogP contribution in [0.4, 0.5) is 4.79 Å². The zero-order chi connectivity index (χ0) is 32.2. The van der Waals surface area contributed by atoms with Crippen LogP contribution in [0.15, 0.2) is 29.1 Å². The molecule has 7 rings (SSSR count). The number of hydrogen-bond donors (Lipinski definition) is 1. The number of cyclic esters (lactones) is 1. The highest BCUT2D eigenvalue weighted by Gasteiger charge is 2.45. The maximum absolute atomic E-state index is 13.6. The van der Waals surface area contributed by atoms with Crippen LogP contribution in [-0.2, 0) is 44.2 Å². The molecule has 4 aliphatic rings. The summed E-state index contributed by atoms with van der Waals surface area (Å²) < 4.78 is 17.9. The lowest BCUT2D eigenvalue weighted by Crippen LogP contribution is -2.53. The van der Waals surface area contributed by atoms with E-state index in [2.05, 4.69) is 4.90 Å². The van der Waals surface area contributed by atoms with Crippen molar-refractivity contribution in [2.24, 2.45) is 0 Å². The molecule has 2 aromatic heterocycles. The van der Waals surface area contributed by atoms with Gasteiger partial charge in [0.1, 0.15) is 12.4 Å². The van der Waals surface area contributed by atoms with E-state index in [0.717, 1.165) is 16.5 Å². The Morgan fingerprint density at radius 2 is 1.76 bits per heavy atom. The molecule has 0 unspecified atom stereocenters. The van der Waals surface area contributed by atoms with E-state index in [4.69, 9.17) is 19.2 Å². The molecule has 0 spiro atoms. The van der Waals surface area contributed by atoms with Gasteiger partial charge in [-0.25, -0.2) is 14.6 Å². The summed E-state index contributed by atoms with van der Waals surface area (Å²) in [5, 5.41) is 12.0. The van der Waals surface area contributed by atoms with Gasteiger partial charge >= 0.3 is 12.1 Å². The maximum atomic E-state index is 13.6. The fraction of sp³-hybridized carbons (Fsp3) is 0.485. The average molecular weight is 632 g/mol. The first-order chi connectivity index (χ1) is 22.2. The Morgan fingerprint density at radius 3 is 2.48 bits per heavy atom. The van der Waals surface area contributed by atoms with Crippen molar-refractivity contribution in [3.8, 4) is 17.1 Å². The highest BCUT2D eigenvalue weighted by atomic mass is 16.6. The molecule has 1 N–H and O–H groups in total. The van der Waals surface area contributed by atoms with Crippen molar-refractivity contribution in [2.75, 3.05) is 59.0 Å². The Morgan fingerprint density at radius 1 is 1.00 bits per heavy atom. The monoisotopic (exact) mass is 631 g/mol. The van der Waals surface area contributed by atoms with Crippen LogP contribution in [0, 0.1) is 0 Å². The third-order valence-electron chi connectivity index (χ3n) is 9.69. The van der Waals surface area contributed by atoms with Crippen LogP contribution < -0.4 is 10.3 Å². The first-order valence-corrected chi connectivity index (χ1v) is 15.9. The van der Waals surface area contributed by atoms with Gasteiger partial charge in [0, 0.05) is 55.8 Å². The summed E-state index contributed by atoms with van der Waals surface area (Å²) in [7, 11) is 0. The molecular formula is C33H37N5O8. The van der Waals surface area contributed by atoms with Crippen molar-refractivity contribution in [1.29, 1.82) is 0 Å². The number of ether oxygens (including phenoxy) is 3. The molecule has 1 atom stereocenters. The van der Waals surface area contributed by atoms with Gasteiger partial charge in [-0.3, -0.25) is 14.5 Å². The summed E-state index contributed by atoms with van der Waals surface area (Å²) in [5.41, 5.74) is 2.09. The number of hydrogen-bond acceptors (Lipinski definition) is 10. The van der Waals surface area contributed by atoms with Crippen molar-refractivity contribution in [1.82, 2.24) is 24.3 Å². The standard InChI is InChI=1S/C33H37N5O8/c1-3-21-22-15-20(46-32(42)37-9-7-35(8-10-37)18-28(39)36-11-13-44-14-12-36)5-6-26(22)34-29-23(21)17-38-27(29)16-25-24(30(38)40)19-45-31(41)33(25,43)4-2/h5-6,15-16,43H,3-4,7-14,17-19H2,1-2H3/t33-/m0/s1. The minimum absolute atomic E-state index is 0.0751. The van der Waals surface area contributed by atoms with E-state index in [1.54, 1.807) is 34.6 Å². The second kappa shape index (κ2) is 11.8. The zero-order valence-electron chi connectivity index (χ0n) is 26.0.